The molecule has 0 atom stereocenters. The van der Waals surface area contributed by atoms with Gasteiger partial charge >= 0.3 is 0 Å². The molecule has 5 heteroatoms. The Morgan fingerprint density at radius 1 is 1.20 bits per heavy atom. The Kier molecular flexibility index (Phi) is 6.20. The van der Waals surface area contributed by atoms with E-state index in [-0.39, 0.29) is 5.41 Å². The number of hydrogen-bond acceptors (Lipinski definition) is 5. The highest BCUT2D eigenvalue weighted by Gasteiger charge is 2.19. The second-order valence-corrected chi connectivity index (χ2v) is 6.31. The smallest absolute Gasteiger partial charge is 0.133 e. The maximum Gasteiger partial charge on any atom is 0.133 e. The first kappa shape index (κ1) is 16.7. The highest BCUT2D eigenvalue weighted by atomic mass is 15.1. The van der Waals surface area contributed by atoms with Crippen molar-refractivity contribution >= 4 is 11.6 Å². The topological polar surface area (TPSA) is 53.1 Å². The fourth-order valence-electron chi connectivity index (χ4n) is 2.29. The molecule has 1 rings (SSSR count). The molecule has 1 aromatic heterocycles. The molecule has 114 valence electrons. The minimum absolute atomic E-state index is 0.194. The summed E-state index contributed by atoms with van der Waals surface area (Å²) in [5.74, 6) is 2.67. The molecule has 0 spiro atoms. The predicted octanol–water partition coefficient (Wildman–Crippen LogP) is 2.47. The summed E-state index contributed by atoms with van der Waals surface area (Å²) in [4.78, 5) is 11.3. The zero-order chi connectivity index (χ0) is 15.2. The van der Waals surface area contributed by atoms with Gasteiger partial charge in [0.2, 0.25) is 0 Å². The number of anilines is 2. The van der Waals surface area contributed by atoms with E-state index in [4.69, 9.17) is 0 Å². The zero-order valence-electron chi connectivity index (χ0n) is 13.7. The second-order valence-electron chi connectivity index (χ2n) is 6.31. The minimum Gasteiger partial charge on any atom is -0.373 e. The first-order chi connectivity index (χ1) is 9.36. The summed E-state index contributed by atoms with van der Waals surface area (Å²) in [5.41, 5.74) is 0.194. The fraction of sp³-hybridized carbons (Fsp3) is 0.733. The van der Waals surface area contributed by atoms with Crippen LogP contribution in [0, 0.1) is 5.41 Å². The monoisotopic (exact) mass is 279 g/mol. The molecule has 0 aliphatic heterocycles. The molecule has 1 heterocycles. The van der Waals surface area contributed by atoms with Crippen LogP contribution in [-0.2, 0) is 6.42 Å². The lowest BCUT2D eigenvalue weighted by Crippen LogP contribution is -2.34. The van der Waals surface area contributed by atoms with Crippen LogP contribution in [-0.4, -0.2) is 49.1 Å². The summed E-state index contributed by atoms with van der Waals surface area (Å²) in [7, 11) is 6.09. The molecule has 0 saturated heterocycles. The van der Waals surface area contributed by atoms with Crippen LogP contribution >= 0.6 is 0 Å². The number of nitrogens with one attached hydrogen (secondary N) is 2. The maximum atomic E-state index is 4.58. The number of hydrogen-bond donors (Lipinski definition) is 2. The third-order valence-corrected chi connectivity index (χ3v) is 2.99. The van der Waals surface area contributed by atoms with E-state index in [9.17, 15) is 0 Å². The molecule has 20 heavy (non-hydrogen) atoms. The van der Waals surface area contributed by atoms with Crippen LogP contribution in [0.25, 0.3) is 0 Å². The molecule has 0 bridgehead atoms. The molecule has 2 N–H and O–H groups in total. The Bertz CT molecular complexity index is 415. The highest BCUT2D eigenvalue weighted by Crippen LogP contribution is 2.18. The van der Waals surface area contributed by atoms with Crippen molar-refractivity contribution in [2.24, 2.45) is 5.41 Å². The minimum atomic E-state index is 0.194. The average molecular weight is 279 g/mol. The molecule has 0 saturated carbocycles. The summed E-state index contributed by atoms with van der Waals surface area (Å²) < 4.78 is 0. The van der Waals surface area contributed by atoms with E-state index in [2.05, 4.69) is 60.4 Å². The van der Waals surface area contributed by atoms with E-state index in [0.717, 1.165) is 43.4 Å². The Labute approximate surface area is 123 Å². The van der Waals surface area contributed by atoms with Gasteiger partial charge in [0.1, 0.15) is 17.5 Å². The van der Waals surface area contributed by atoms with Gasteiger partial charge in [0, 0.05) is 32.6 Å². The van der Waals surface area contributed by atoms with Gasteiger partial charge in [0.15, 0.2) is 0 Å². The maximum absolute atomic E-state index is 4.58. The van der Waals surface area contributed by atoms with Crippen LogP contribution in [0.1, 0.15) is 33.0 Å². The molecular weight excluding hydrogens is 250 g/mol. The molecule has 5 nitrogen and oxygen atoms in total. The first-order valence-electron chi connectivity index (χ1n) is 7.30. The molecule has 0 radical (unpaired) electrons. The summed E-state index contributed by atoms with van der Waals surface area (Å²) in [6, 6.07) is 1.96. The van der Waals surface area contributed by atoms with Crippen LogP contribution in [0.4, 0.5) is 11.6 Å². The number of rotatable bonds is 8. The van der Waals surface area contributed by atoms with Crippen molar-refractivity contribution in [1.82, 2.24) is 14.9 Å². The van der Waals surface area contributed by atoms with Crippen LogP contribution in [0.15, 0.2) is 6.07 Å². The molecule has 0 fully saturated rings. The molecule has 0 unspecified atom stereocenters. The number of aryl methyl sites for hydroxylation is 1. The van der Waals surface area contributed by atoms with Crippen molar-refractivity contribution in [2.45, 2.75) is 33.6 Å². The van der Waals surface area contributed by atoms with Crippen LogP contribution in [0.5, 0.6) is 0 Å². The summed E-state index contributed by atoms with van der Waals surface area (Å²) in [6.07, 6.45) is 1.96. The lowest BCUT2D eigenvalue weighted by molar-refractivity contribution is 0.254. The van der Waals surface area contributed by atoms with Crippen molar-refractivity contribution in [2.75, 3.05) is 44.9 Å². The van der Waals surface area contributed by atoms with Gasteiger partial charge in [-0.05, 0) is 25.9 Å². The molecule has 0 aliphatic carbocycles. The van der Waals surface area contributed by atoms with Crippen molar-refractivity contribution < 1.29 is 0 Å². The van der Waals surface area contributed by atoms with Gasteiger partial charge in [-0.25, -0.2) is 9.97 Å². The van der Waals surface area contributed by atoms with Crippen molar-refractivity contribution in [3.63, 3.8) is 0 Å². The standard InChI is InChI=1S/C15H29N5/c1-7-8-12-18-13(16-4)9-14(19-12)17-10-15(2,3)11-20(5)6/h9H,7-8,10-11H2,1-6H3,(H2,16,17,18,19). The van der Waals surface area contributed by atoms with E-state index in [0.29, 0.717) is 0 Å². The Hall–Kier alpha value is -1.36. The van der Waals surface area contributed by atoms with E-state index in [1.54, 1.807) is 0 Å². The van der Waals surface area contributed by atoms with Gasteiger partial charge in [-0.15, -0.1) is 0 Å². The van der Waals surface area contributed by atoms with Crippen molar-refractivity contribution in [3.8, 4) is 0 Å². The predicted molar refractivity (Wildman–Crippen MR) is 86.4 cm³/mol. The first-order valence-corrected chi connectivity index (χ1v) is 7.30. The molecule has 0 aromatic carbocycles. The van der Waals surface area contributed by atoms with Crippen LogP contribution in [0.3, 0.4) is 0 Å². The molecule has 1 aromatic rings. The summed E-state index contributed by atoms with van der Waals surface area (Å²) in [5, 5.41) is 6.54. The van der Waals surface area contributed by atoms with E-state index >= 15 is 0 Å². The van der Waals surface area contributed by atoms with Crippen molar-refractivity contribution in [3.05, 3.63) is 11.9 Å². The van der Waals surface area contributed by atoms with Gasteiger partial charge in [-0.3, -0.25) is 0 Å². The average Bonchev–Trinajstić information content (AvgIpc) is 2.35. The molecule has 0 aliphatic rings. The Balaban J connectivity index is 2.73. The second kappa shape index (κ2) is 7.43. The normalized spacial score (nSPS) is 11.8. The van der Waals surface area contributed by atoms with Gasteiger partial charge in [0.05, 0.1) is 0 Å². The third kappa shape index (κ3) is 5.74. The number of nitrogens with zero attached hydrogens (tertiary/aromatic N) is 3. The van der Waals surface area contributed by atoms with Gasteiger partial charge in [-0.2, -0.15) is 0 Å². The SMILES string of the molecule is CCCc1nc(NC)cc(NCC(C)(C)CN(C)C)n1. The Morgan fingerprint density at radius 2 is 1.85 bits per heavy atom. The van der Waals surface area contributed by atoms with Crippen LogP contribution in [0.2, 0.25) is 0 Å². The summed E-state index contributed by atoms with van der Waals surface area (Å²) >= 11 is 0. The number of aromatic nitrogens is 2. The lowest BCUT2D eigenvalue weighted by atomic mass is 9.93. The third-order valence-electron chi connectivity index (χ3n) is 2.99. The largest absolute Gasteiger partial charge is 0.373 e. The van der Waals surface area contributed by atoms with E-state index < -0.39 is 0 Å². The van der Waals surface area contributed by atoms with E-state index in [1.165, 1.54) is 0 Å². The lowest BCUT2D eigenvalue weighted by Gasteiger charge is -2.28. The molecular formula is C15H29N5. The Morgan fingerprint density at radius 3 is 2.40 bits per heavy atom. The van der Waals surface area contributed by atoms with Gasteiger partial charge in [0.25, 0.3) is 0 Å². The highest BCUT2D eigenvalue weighted by molar-refractivity contribution is 5.47. The fourth-order valence-corrected chi connectivity index (χ4v) is 2.29. The van der Waals surface area contributed by atoms with Crippen LogP contribution < -0.4 is 10.6 Å². The van der Waals surface area contributed by atoms with Gasteiger partial charge < -0.3 is 15.5 Å². The summed E-state index contributed by atoms with van der Waals surface area (Å²) in [6.45, 7) is 8.58. The zero-order valence-corrected chi connectivity index (χ0v) is 13.7. The van der Waals surface area contributed by atoms with Gasteiger partial charge in [-0.1, -0.05) is 20.8 Å². The quantitative estimate of drug-likeness (QED) is 0.765. The molecule has 0 amide bonds. The van der Waals surface area contributed by atoms with E-state index in [1.807, 2.05) is 13.1 Å². The van der Waals surface area contributed by atoms with Crippen molar-refractivity contribution in [1.29, 1.82) is 0 Å².